The Morgan fingerprint density at radius 2 is 2.17 bits per heavy atom. The van der Waals surface area contributed by atoms with Crippen LogP contribution < -0.4 is 15.8 Å². The van der Waals surface area contributed by atoms with E-state index in [1.165, 1.54) is 0 Å². The van der Waals surface area contributed by atoms with Gasteiger partial charge in [0.15, 0.2) is 0 Å². The topological polar surface area (TPSA) is 77.2 Å². The minimum absolute atomic E-state index is 0.0505. The third-order valence-corrected chi connectivity index (χ3v) is 5.08. The van der Waals surface area contributed by atoms with Crippen molar-refractivity contribution in [2.75, 3.05) is 0 Å². The van der Waals surface area contributed by atoms with Crippen molar-refractivity contribution < 1.29 is 9.53 Å². The predicted octanol–water partition coefficient (Wildman–Crippen LogP) is 3.03. The van der Waals surface area contributed by atoms with Crippen molar-refractivity contribution in [1.29, 1.82) is 0 Å². The average molecular weight is 345 g/mol. The van der Waals surface area contributed by atoms with Gasteiger partial charge in [0.05, 0.1) is 10.7 Å². The number of amides is 1. The predicted molar refractivity (Wildman–Crippen MR) is 95.3 cm³/mol. The van der Waals surface area contributed by atoms with Crippen molar-refractivity contribution in [3.63, 3.8) is 0 Å². The number of benzene rings is 1. The summed E-state index contributed by atoms with van der Waals surface area (Å²) in [7, 11) is 0. The molecule has 1 aromatic heterocycles. The quantitative estimate of drug-likeness (QED) is 0.873. The van der Waals surface area contributed by atoms with Gasteiger partial charge < -0.3 is 15.8 Å². The molecular weight excluding hydrogens is 322 g/mol. The van der Waals surface area contributed by atoms with Gasteiger partial charge in [0.25, 0.3) is 5.91 Å². The highest BCUT2D eigenvalue weighted by atomic mass is 32.1. The van der Waals surface area contributed by atoms with E-state index in [-0.39, 0.29) is 18.0 Å². The molecule has 0 aliphatic heterocycles. The molecule has 1 amide bonds. The second kappa shape index (κ2) is 7.77. The van der Waals surface area contributed by atoms with Gasteiger partial charge >= 0.3 is 0 Å². The summed E-state index contributed by atoms with van der Waals surface area (Å²) in [5.41, 5.74) is 7.44. The lowest BCUT2D eigenvalue weighted by Gasteiger charge is -2.26. The number of hydrogen-bond donors (Lipinski definition) is 2. The Bertz CT molecular complexity index is 693. The molecule has 24 heavy (non-hydrogen) atoms. The Morgan fingerprint density at radius 3 is 2.88 bits per heavy atom. The molecule has 3 N–H and O–H groups in total. The van der Waals surface area contributed by atoms with Gasteiger partial charge in [-0.1, -0.05) is 6.07 Å². The number of hydrogen-bond acceptors (Lipinski definition) is 5. The molecule has 1 aromatic carbocycles. The molecule has 1 aliphatic rings. The van der Waals surface area contributed by atoms with Crippen molar-refractivity contribution in [2.24, 2.45) is 5.73 Å². The number of nitrogens with two attached hydrogens (primary N) is 1. The van der Waals surface area contributed by atoms with E-state index in [0.717, 1.165) is 36.4 Å². The smallest absolute Gasteiger partial charge is 0.251 e. The van der Waals surface area contributed by atoms with Crippen LogP contribution >= 0.6 is 11.3 Å². The van der Waals surface area contributed by atoms with E-state index in [1.807, 2.05) is 30.5 Å². The number of carbonyl (C=O) groups is 1. The molecule has 128 valence electrons. The van der Waals surface area contributed by atoms with Crippen LogP contribution in [0.25, 0.3) is 0 Å². The summed E-state index contributed by atoms with van der Waals surface area (Å²) in [6.45, 7) is 2.38. The zero-order valence-electron chi connectivity index (χ0n) is 13.8. The highest BCUT2D eigenvalue weighted by molar-refractivity contribution is 7.09. The van der Waals surface area contributed by atoms with Crippen molar-refractivity contribution in [3.05, 3.63) is 45.9 Å². The van der Waals surface area contributed by atoms with Gasteiger partial charge in [0.2, 0.25) is 0 Å². The number of aryl methyl sites for hydroxylation is 1. The molecule has 6 heteroatoms. The standard InChI is InChI=1S/C18H23N3O2S/c1-12-20-16(11-24-12)10-23-17-4-2-3-13(9-17)18(22)21-15-7-5-14(19)6-8-15/h2-4,9,11,14-15H,5-8,10,19H2,1H3,(H,21,22). The zero-order chi connectivity index (χ0) is 16.9. The first-order chi connectivity index (χ1) is 11.6. The zero-order valence-corrected chi connectivity index (χ0v) is 14.6. The number of nitrogens with zero attached hydrogens (tertiary/aromatic N) is 1. The van der Waals surface area contributed by atoms with Crippen molar-refractivity contribution in [1.82, 2.24) is 10.3 Å². The number of ether oxygens (including phenoxy) is 1. The van der Waals surface area contributed by atoms with Crippen LogP contribution in [0.2, 0.25) is 0 Å². The number of rotatable bonds is 5. The Morgan fingerprint density at radius 1 is 1.38 bits per heavy atom. The molecule has 0 bridgehead atoms. The second-order valence-corrected chi connectivity index (χ2v) is 7.32. The molecule has 3 rings (SSSR count). The Labute approximate surface area is 146 Å². The molecule has 2 aromatic rings. The fourth-order valence-corrected chi connectivity index (χ4v) is 3.49. The van der Waals surface area contributed by atoms with Gasteiger partial charge in [-0.05, 0) is 50.8 Å². The first-order valence-corrected chi connectivity index (χ1v) is 9.18. The largest absolute Gasteiger partial charge is 0.487 e. The summed E-state index contributed by atoms with van der Waals surface area (Å²) in [5, 5.41) is 6.11. The second-order valence-electron chi connectivity index (χ2n) is 6.26. The van der Waals surface area contributed by atoms with Crippen LogP contribution in [0, 0.1) is 6.92 Å². The Hall–Kier alpha value is -1.92. The molecule has 0 radical (unpaired) electrons. The van der Waals surface area contributed by atoms with Gasteiger partial charge in [-0.3, -0.25) is 4.79 Å². The maximum atomic E-state index is 12.4. The number of thiazole rings is 1. The van der Waals surface area contributed by atoms with Crippen molar-refractivity contribution in [3.8, 4) is 5.75 Å². The van der Waals surface area contributed by atoms with Crippen LogP contribution in [0.5, 0.6) is 5.75 Å². The molecule has 5 nitrogen and oxygen atoms in total. The molecular formula is C18H23N3O2S. The van der Waals surface area contributed by atoms with E-state index >= 15 is 0 Å². The normalized spacial score (nSPS) is 20.6. The van der Waals surface area contributed by atoms with Gasteiger partial charge in [0, 0.05) is 23.0 Å². The van der Waals surface area contributed by atoms with E-state index in [2.05, 4.69) is 10.3 Å². The SMILES string of the molecule is Cc1nc(COc2cccc(C(=O)NC3CCC(N)CC3)c2)cs1. The minimum atomic E-state index is -0.0505. The Balaban J connectivity index is 1.56. The van der Waals surface area contributed by atoms with E-state index in [0.29, 0.717) is 17.9 Å². The van der Waals surface area contributed by atoms with E-state index in [9.17, 15) is 4.79 Å². The maximum Gasteiger partial charge on any atom is 0.251 e. The van der Waals surface area contributed by atoms with Gasteiger partial charge in [-0.15, -0.1) is 11.3 Å². The van der Waals surface area contributed by atoms with Crippen LogP contribution in [0.15, 0.2) is 29.6 Å². The minimum Gasteiger partial charge on any atom is -0.487 e. The van der Waals surface area contributed by atoms with Crippen LogP contribution in [0.3, 0.4) is 0 Å². The lowest BCUT2D eigenvalue weighted by atomic mass is 9.91. The number of aromatic nitrogens is 1. The molecule has 1 saturated carbocycles. The molecule has 0 saturated heterocycles. The van der Waals surface area contributed by atoms with Crippen LogP contribution in [-0.2, 0) is 6.61 Å². The summed E-state index contributed by atoms with van der Waals surface area (Å²) in [5.74, 6) is 0.629. The lowest BCUT2D eigenvalue weighted by Crippen LogP contribution is -2.40. The van der Waals surface area contributed by atoms with Crippen molar-refractivity contribution >= 4 is 17.2 Å². The van der Waals surface area contributed by atoms with Crippen LogP contribution in [0.4, 0.5) is 0 Å². The number of carbonyl (C=O) groups excluding carboxylic acids is 1. The highest BCUT2D eigenvalue weighted by Gasteiger charge is 2.20. The van der Waals surface area contributed by atoms with E-state index in [1.54, 1.807) is 17.4 Å². The highest BCUT2D eigenvalue weighted by Crippen LogP contribution is 2.19. The monoisotopic (exact) mass is 345 g/mol. The number of nitrogens with one attached hydrogen (secondary N) is 1. The third-order valence-electron chi connectivity index (χ3n) is 4.26. The molecule has 1 heterocycles. The molecule has 1 fully saturated rings. The first-order valence-electron chi connectivity index (χ1n) is 8.30. The average Bonchev–Trinajstić information content (AvgIpc) is 3.01. The van der Waals surface area contributed by atoms with Crippen LogP contribution in [0.1, 0.15) is 46.7 Å². The fourth-order valence-electron chi connectivity index (χ4n) is 2.89. The summed E-state index contributed by atoms with van der Waals surface area (Å²) in [6.07, 6.45) is 3.85. The summed E-state index contributed by atoms with van der Waals surface area (Å²) in [6, 6.07) is 7.79. The van der Waals surface area contributed by atoms with E-state index < -0.39 is 0 Å². The van der Waals surface area contributed by atoms with Crippen molar-refractivity contribution in [2.45, 2.75) is 51.3 Å². The summed E-state index contributed by atoms with van der Waals surface area (Å²) in [4.78, 5) is 16.8. The molecule has 1 aliphatic carbocycles. The van der Waals surface area contributed by atoms with Gasteiger partial charge in [-0.2, -0.15) is 0 Å². The maximum absolute atomic E-state index is 12.4. The van der Waals surface area contributed by atoms with Crippen LogP contribution in [-0.4, -0.2) is 23.0 Å². The van der Waals surface area contributed by atoms with E-state index in [4.69, 9.17) is 10.5 Å². The molecule has 0 unspecified atom stereocenters. The third kappa shape index (κ3) is 4.55. The fraction of sp³-hybridized carbons (Fsp3) is 0.444. The Kier molecular flexibility index (Phi) is 5.48. The summed E-state index contributed by atoms with van der Waals surface area (Å²) >= 11 is 1.60. The van der Waals surface area contributed by atoms with Gasteiger partial charge in [0.1, 0.15) is 12.4 Å². The van der Waals surface area contributed by atoms with Gasteiger partial charge in [-0.25, -0.2) is 4.98 Å². The summed E-state index contributed by atoms with van der Waals surface area (Å²) < 4.78 is 5.75. The first kappa shape index (κ1) is 16.9. The molecule has 0 atom stereocenters. The molecule has 0 spiro atoms. The lowest BCUT2D eigenvalue weighted by molar-refractivity contribution is 0.0925.